The number of aromatic amines is 1. The average Bonchev–Trinajstić information content (AvgIpc) is 3.07. The molecule has 8 nitrogen and oxygen atoms in total. The Morgan fingerprint density at radius 3 is 2.62 bits per heavy atom. The number of urea groups is 1. The maximum Gasteiger partial charge on any atom is 0.317 e. The zero-order chi connectivity index (χ0) is 21.0. The van der Waals surface area contributed by atoms with E-state index < -0.39 is 11.9 Å². The van der Waals surface area contributed by atoms with Crippen LogP contribution in [-0.4, -0.2) is 48.1 Å². The van der Waals surface area contributed by atoms with Gasteiger partial charge in [-0.2, -0.15) is 0 Å². The normalized spacial score (nSPS) is 15.2. The number of carbonyl (C=O) groups is 2. The van der Waals surface area contributed by atoms with E-state index in [0.29, 0.717) is 18.1 Å². The van der Waals surface area contributed by atoms with Gasteiger partial charge in [-0.3, -0.25) is 15.0 Å². The summed E-state index contributed by atoms with van der Waals surface area (Å²) in [5.74, 6) is 1.01. The minimum Gasteiger partial charge on any atom is -0.492 e. The standard InChI is InChI=1S/C21H29N5O3/c1-13-5-7-26(8-6-13)9-10-29-18-4-3-14(2)11-15(18)17-12-16(19(22)27)20(24-17)25-21(23)28/h3-4,11-13,24H,5-10H2,1-2H3,(H2,22,27)(H3,23,25,28). The summed E-state index contributed by atoms with van der Waals surface area (Å²) < 4.78 is 6.08. The molecule has 1 fully saturated rings. The third-order valence-electron chi connectivity index (χ3n) is 5.30. The first-order valence-electron chi connectivity index (χ1n) is 9.89. The van der Waals surface area contributed by atoms with Crippen LogP contribution in [-0.2, 0) is 0 Å². The molecule has 0 radical (unpaired) electrons. The van der Waals surface area contributed by atoms with Gasteiger partial charge in [0.05, 0.1) is 11.3 Å². The van der Waals surface area contributed by atoms with E-state index in [9.17, 15) is 9.59 Å². The van der Waals surface area contributed by atoms with E-state index >= 15 is 0 Å². The van der Waals surface area contributed by atoms with Crippen LogP contribution in [0, 0.1) is 12.8 Å². The second-order valence-electron chi connectivity index (χ2n) is 7.70. The van der Waals surface area contributed by atoms with Crippen molar-refractivity contribution in [1.29, 1.82) is 0 Å². The second-order valence-corrected chi connectivity index (χ2v) is 7.70. The summed E-state index contributed by atoms with van der Waals surface area (Å²) in [6.07, 6.45) is 2.45. The van der Waals surface area contributed by atoms with Crippen molar-refractivity contribution in [3.8, 4) is 17.0 Å². The number of rotatable bonds is 7. The van der Waals surface area contributed by atoms with Gasteiger partial charge < -0.3 is 21.2 Å². The number of aromatic nitrogens is 1. The summed E-state index contributed by atoms with van der Waals surface area (Å²) in [5.41, 5.74) is 13.2. The number of likely N-dealkylation sites (tertiary alicyclic amines) is 1. The van der Waals surface area contributed by atoms with Crippen molar-refractivity contribution in [3.63, 3.8) is 0 Å². The van der Waals surface area contributed by atoms with Crippen LogP contribution in [0.2, 0.25) is 0 Å². The number of carbonyl (C=O) groups excluding carboxylic acids is 2. The summed E-state index contributed by atoms with van der Waals surface area (Å²) >= 11 is 0. The Morgan fingerprint density at radius 1 is 1.24 bits per heavy atom. The number of hydrogen-bond donors (Lipinski definition) is 4. The van der Waals surface area contributed by atoms with Gasteiger partial charge in [-0.05, 0) is 57.0 Å². The molecule has 0 saturated carbocycles. The molecule has 3 rings (SSSR count). The highest BCUT2D eigenvalue weighted by Crippen LogP contribution is 2.33. The molecule has 1 saturated heterocycles. The van der Waals surface area contributed by atoms with Gasteiger partial charge in [0.25, 0.3) is 5.91 Å². The monoisotopic (exact) mass is 399 g/mol. The summed E-state index contributed by atoms with van der Waals surface area (Å²) in [4.78, 5) is 28.4. The van der Waals surface area contributed by atoms with Gasteiger partial charge in [-0.1, -0.05) is 18.6 Å². The van der Waals surface area contributed by atoms with E-state index in [0.717, 1.165) is 36.7 Å². The molecule has 3 amide bonds. The molecule has 29 heavy (non-hydrogen) atoms. The van der Waals surface area contributed by atoms with E-state index in [4.69, 9.17) is 16.2 Å². The molecule has 1 aliphatic heterocycles. The smallest absolute Gasteiger partial charge is 0.317 e. The van der Waals surface area contributed by atoms with Gasteiger partial charge in [-0.25, -0.2) is 4.79 Å². The van der Waals surface area contributed by atoms with Crippen molar-refractivity contribution >= 4 is 17.8 Å². The molecular weight excluding hydrogens is 370 g/mol. The highest BCUT2D eigenvalue weighted by molar-refractivity contribution is 6.03. The van der Waals surface area contributed by atoms with Gasteiger partial charge in [0, 0.05) is 12.1 Å². The lowest BCUT2D eigenvalue weighted by molar-refractivity contribution is 0.100. The Bertz CT molecular complexity index is 884. The Balaban J connectivity index is 1.78. The van der Waals surface area contributed by atoms with Crippen LogP contribution < -0.4 is 21.5 Å². The molecule has 1 aliphatic rings. The van der Waals surface area contributed by atoms with Crippen molar-refractivity contribution in [1.82, 2.24) is 9.88 Å². The minimum atomic E-state index is -0.780. The molecule has 6 N–H and O–H groups in total. The zero-order valence-corrected chi connectivity index (χ0v) is 17.0. The van der Waals surface area contributed by atoms with Crippen LogP contribution in [0.3, 0.4) is 0 Å². The number of hydrogen-bond acceptors (Lipinski definition) is 4. The predicted molar refractivity (Wildman–Crippen MR) is 113 cm³/mol. The van der Waals surface area contributed by atoms with Gasteiger partial charge >= 0.3 is 6.03 Å². The topological polar surface area (TPSA) is 126 Å². The fourth-order valence-electron chi connectivity index (χ4n) is 3.57. The van der Waals surface area contributed by atoms with Crippen LogP contribution in [0.15, 0.2) is 24.3 Å². The Labute approximate surface area is 170 Å². The minimum absolute atomic E-state index is 0.161. The predicted octanol–water partition coefficient (Wildman–Crippen LogP) is 2.69. The van der Waals surface area contributed by atoms with Crippen molar-refractivity contribution in [2.24, 2.45) is 17.4 Å². The molecule has 1 aromatic heterocycles. The fourth-order valence-corrected chi connectivity index (χ4v) is 3.57. The summed E-state index contributed by atoms with van der Waals surface area (Å²) in [7, 11) is 0. The fraction of sp³-hybridized carbons (Fsp3) is 0.429. The van der Waals surface area contributed by atoms with Crippen molar-refractivity contribution in [2.45, 2.75) is 26.7 Å². The first-order chi connectivity index (χ1) is 13.8. The van der Waals surface area contributed by atoms with E-state index in [1.807, 2.05) is 25.1 Å². The largest absolute Gasteiger partial charge is 0.492 e. The number of ether oxygens (including phenoxy) is 1. The average molecular weight is 399 g/mol. The molecular formula is C21H29N5O3. The third-order valence-corrected chi connectivity index (χ3v) is 5.30. The Hall–Kier alpha value is -3.00. The SMILES string of the molecule is Cc1ccc(OCCN2CCC(C)CC2)c(-c2cc(C(N)=O)c(NC(N)=O)[nH]2)c1. The Kier molecular flexibility index (Phi) is 6.43. The summed E-state index contributed by atoms with van der Waals surface area (Å²) in [5, 5.41) is 2.40. The second kappa shape index (κ2) is 9.00. The maximum absolute atomic E-state index is 11.7. The number of piperidine rings is 1. The van der Waals surface area contributed by atoms with Crippen molar-refractivity contribution in [2.75, 3.05) is 31.6 Å². The molecule has 0 aliphatic carbocycles. The highest BCUT2D eigenvalue weighted by Gasteiger charge is 2.19. The van der Waals surface area contributed by atoms with E-state index in [-0.39, 0.29) is 11.4 Å². The maximum atomic E-state index is 11.7. The van der Waals surface area contributed by atoms with Crippen LogP contribution in [0.5, 0.6) is 5.75 Å². The van der Waals surface area contributed by atoms with Gasteiger partial charge in [0.2, 0.25) is 0 Å². The van der Waals surface area contributed by atoms with Crippen molar-refractivity contribution in [3.05, 3.63) is 35.4 Å². The van der Waals surface area contributed by atoms with E-state index in [1.165, 1.54) is 12.8 Å². The number of nitrogens with zero attached hydrogens (tertiary/aromatic N) is 1. The first-order valence-corrected chi connectivity index (χ1v) is 9.89. The molecule has 0 unspecified atom stereocenters. The molecule has 2 aromatic rings. The van der Waals surface area contributed by atoms with Crippen molar-refractivity contribution < 1.29 is 14.3 Å². The number of H-pyrrole nitrogens is 1. The van der Waals surface area contributed by atoms with Gasteiger partial charge in [0.1, 0.15) is 18.2 Å². The van der Waals surface area contributed by atoms with Crippen LogP contribution in [0.1, 0.15) is 35.7 Å². The molecule has 0 bridgehead atoms. The lowest BCUT2D eigenvalue weighted by Gasteiger charge is -2.30. The summed E-state index contributed by atoms with van der Waals surface area (Å²) in [6.45, 7) is 7.91. The molecule has 8 heteroatoms. The van der Waals surface area contributed by atoms with E-state index in [1.54, 1.807) is 6.07 Å². The van der Waals surface area contributed by atoms with Gasteiger partial charge in [-0.15, -0.1) is 0 Å². The third kappa shape index (κ3) is 5.29. The number of aryl methyl sites for hydroxylation is 1. The number of anilines is 1. The van der Waals surface area contributed by atoms with Gasteiger partial charge in [0.15, 0.2) is 0 Å². The lowest BCUT2D eigenvalue weighted by Crippen LogP contribution is -2.35. The molecule has 2 heterocycles. The molecule has 156 valence electrons. The lowest BCUT2D eigenvalue weighted by atomic mass is 9.99. The quantitative estimate of drug-likeness (QED) is 0.571. The van der Waals surface area contributed by atoms with Crippen LogP contribution in [0.25, 0.3) is 11.3 Å². The van der Waals surface area contributed by atoms with Crippen LogP contribution >= 0.6 is 0 Å². The number of primary amides is 2. The van der Waals surface area contributed by atoms with Crippen LogP contribution in [0.4, 0.5) is 10.6 Å². The molecule has 1 aromatic carbocycles. The molecule has 0 spiro atoms. The first kappa shape index (κ1) is 20.7. The number of amides is 3. The zero-order valence-electron chi connectivity index (χ0n) is 17.0. The Morgan fingerprint density at radius 2 is 1.97 bits per heavy atom. The number of benzene rings is 1. The highest BCUT2D eigenvalue weighted by atomic mass is 16.5. The van der Waals surface area contributed by atoms with E-state index in [2.05, 4.69) is 22.1 Å². The number of nitrogens with two attached hydrogens (primary N) is 2. The molecule has 0 atom stereocenters. The number of nitrogens with one attached hydrogen (secondary N) is 2. The summed E-state index contributed by atoms with van der Waals surface area (Å²) in [6, 6.07) is 6.66.